The normalized spacial score (nSPS) is 18.4. The van der Waals surface area contributed by atoms with Crippen molar-refractivity contribution in [2.24, 2.45) is 0 Å². The van der Waals surface area contributed by atoms with E-state index in [1.54, 1.807) is 35.4 Å². The number of nitrogens with zero attached hydrogens (tertiary/aromatic N) is 6. The number of carbonyl (C=O) groups excluding carboxylic acids is 1. The van der Waals surface area contributed by atoms with Gasteiger partial charge in [0.05, 0.1) is 15.9 Å². The number of amides is 1. The van der Waals surface area contributed by atoms with Crippen LogP contribution in [0, 0.1) is 11.6 Å². The van der Waals surface area contributed by atoms with Gasteiger partial charge in [0.25, 0.3) is 0 Å². The van der Waals surface area contributed by atoms with Gasteiger partial charge in [-0.15, -0.1) is 0 Å². The molecule has 2 aromatic carbocycles. The molecule has 7 rings (SSSR count). The lowest BCUT2D eigenvalue weighted by atomic mass is 9.95. The van der Waals surface area contributed by atoms with Crippen molar-refractivity contribution in [1.29, 1.82) is 0 Å². The number of hydrogen-bond donors (Lipinski definition) is 0. The highest BCUT2D eigenvalue weighted by Crippen LogP contribution is 2.40. The Bertz CT molecular complexity index is 1750. The first-order valence-corrected chi connectivity index (χ1v) is 15.0. The van der Waals surface area contributed by atoms with Crippen LogP contribution in [0.2, 0.25) is 5.02 Å². The molecule has 5 heterocycles. The first-order chi connectivity index (χ1) is 20.9. The van der Waals surface area contributed by atoms with Crippen LogP contribution in [0.4, 0.5) is 14.6 Å². The number of fused-ring (bicyclic) bond motifs is 3. The van der Waals surface area contributed by atoms with Crippen LogP contribution in [0.1, 0.15) is 25.7 Å². The number of rotatable bonds is 6. The third-order valence-corrected chi connectivity index (χ3v) is 9.55. The van der Waals surface area contributed by atoms with Gasteiger partial charge >= 0.3 is 6.01 Å². The number of ether oxygens (including phenoxy) is 1. The zero-order valence-electron chi connectivity index (χ0n) is 23.7. The lowest BCUT2D eigenvalue weighted by Crippen LogP contribution is -2.48. The molecule has 0 spiro atoms. The maximum atomic E-state index is 16.6. The van der Waals surface area contributed by atoms with E-state index in [9.17, 15) is 9.18 Å². The van der Waals surface area contributed by atoms with Crippen molar-refractivity contribution >= 4 is 45.0 Å². The molecule has 4 aromatic rings. The zero-order valence-corrected chi connectivity index (χ0v) is 24.4. The Labute approximate surface area is 252 Å². The van der Waals surface area contributed by atoms with Crippen molar-refractivity contribution in [1.82, 2.24) is 24.8 Å². The minimum atomic E-state index is -0.666. The summed E-state index contributed by atoms with van der Waals surface area (Å²) in [6.07, 6.45) is 7.20. The second-order valence-corrected chi connectivity index (χ2v) is 11.9. The molecule has 43 heavy (non-hydrogen) atoms. The number of carbonyl (C=O) groups is 1. The predicted molar refractivity (Wildman–Crippen MR) is 162 cm³/mol. The Morgan fingerprint density at radius 2 is 1.81 bits per heavy atom. The summed E-state index contributed by atoms with van der Waals surface area (Å²) in [5.41, 5.74) is 0.401. The third kappa shape index (κ3) is 4.77. The van der Waals surface area contributed by atoms with Gasteiger partial charge in [0.1, 0.15) is 29.5 Å². The summed E-state index contributed by atoms with van der Waals surface area (Å²) in [4.78, 5) is 32.3. The summed E-state index contributed by atoms with van der Waals surface area (Å²) in [7, 11) is 0. The molecule has 0 radical (unpaired) electrons. The maximum Gasteiger partial charge on any atom is 0.319 e. The standard InChI is InChI=1S/C32H31ClF2N6O2/c1-2-24(42)39-14-16-40(17-15-39)30-22-18-36-28(21-7-3-6-20-8-9-23(34)26(33)25(20)21)27(35)29(22)37-31(38-30)43-19-32-10-4-12-41(32)13-5-11-32/h2-3,6-9,18H,1,4-5,10-17,19H2. The van der Waals surface area contributed by atoms with Crippen LogP contribution in [0.25, 0.3) is 32.9 Å². The number of piperazine rings is 1. The van der Waals surface area contributed by atoms with E-state index in [1.165, 1.54) is 12.1 Å². The fourth-order valence-electron chi connectivity index (χ4n) is 6.95. The van der Waals surface area contributed by atoms with Gasteiger partial charge in [-0.25, -0.2) is 8.78 Å². The van der Waals surface area contributed by atoms with E-state index in [2.05, 4.69) is 21.4 Å². The Kier molecular flexibility index (Phi) is 7.13. The van der Waals surface area contributed by atoms with Crippen LogP contribution in [0.3, 0.4) is 0 Å². The Hall–Kier alpha value is -3.89. The van der Waals surface area contributed by atoms with Gasteiger partial charge in [0.2, 0.25) is 5.91 Å². The molecule has 3 saturated heterocycles. The molecular formula is C32H31ClF2N6O2. The molecular weight excluding hydrogens is 574 g/mol. The van der Waals surface area contributed by atoms with E-state index in [0.29, 0.717) is 60.3 Å². The molecule has 3 fully saturated rings. The third-order valence-electron chi connectivity index (χ3n) is 9.18. The average molecular weight is 605 g/mol. The summed E-state index contributed by atoms with van der Waals surface area (Å²) in [5, 5.41) is 1.38. The minimum Gasteiger partial charge on any atom is -0.461 e. The van der Waals surface area contributed by atoms with Gasteiger partial charge in [-0.1, -0.05) is 42.4 Å². The lowest BCUT2D eigenvalue weighted by molar-refractivity contribution is -0.126. The van der Waals surface area contributed by atoms with Crippen molar-refractivity contribution in [3.63, 3.8) is 0 Å². The highest BCUT2D eigenvalue weighted by molar-refractivity contribution is 6.36. The number of halogens is 3. The molecule has 0 saturated carbocycles. The van der Waals surface area contributed by atoms with E-state index in [1.807, 2.05) is 4.90 Å². The number of benzene rings is 2. The summed E-state index contributed by atoms with van der Waals surface area (Å²) in [6.45, 7) is 8.05. The molecule has 0 atom stereocenters. The van der Waals surface area contributed by atoms with Gasteiger partial charge in [-0.3, -0.25) is 14.7 Å². The highest BCUT2D eigenvalue weighted by atomic mass is 35.5. The second kappa shape index (κ2) is 11.0. The van der Waals surface area contributed by atoms with Crippen molar-refractivity contribution in [2.45, 2.75) is 31.2 Å². The fourth-order valence-corrected chi connectivity index (χ4v) is 7.22. The molecule has 0 unspecified atom stereocenters. The van der Waals surface area contributed by atoms with Crippen LogP contribution in [-0.2, 0) is 4.79 Å². The molecule has 222 valence electrons. The average Bonchev–Trinajstić information content (AvgIpc) is 3.62. The lowest BCUT2D eigenvalue weighted by Gasteiger charge is -2.35. The van der Waals surface area contributed by atoms with Gasteiger partial charge in [0.15, 0.2) is 5.82 Å². The van der Waals surface area contributed by atoms with E-state index in [-0.39, 0.29) is 33.7 Å². The number of pyridine rings is 1. The van der Waals surface area contributed by atoms with Crippen LogP contribution in [-0.4, -0.2) is 82.1 Å². The Morgan fingerprint density at radius 1 is 1.05 bits per heavy atom. The second-order valence-electron chi connectivity index (χ2n) is 11.5. The molecule has 3 aliphatic rings. The zero-order chi connectivity index (χ0) is 29.7. The molecule has 0 aliphatic carbocycles. The van der Waals surface area contributed by atoms with E-state index < -0.39 is 11.6 Å². The summed E-state index contributed by atoms with van der Waals surface area (Å²) in [5.74, 6) is -0.890. The molecule has 8 nitrogen and oxygen atoms in total. The number of hydrogen-bond acceptors (Lipinski definition) is 7. The van der Waals surface area contributed by atoms with Crippen molar-refractivity contribution in [3.8, 4) is 17.3 Å². The summed E-state index contributed by atoms with van der Waals surface area (Å²) in [6, 6.07) is 8.22. The molecule has 3 aliphatic heterocycles. The topological polar surface area (TPSA) is 74.7 Å². The number of anilines is 1. The van der Waals surface area contributed by atoms with Gasteiger partial charge < -0.3 is 14.5 Å². The van der Waals surface area contributed by atoms with Crippen LogP contribution in [0.5, 0.6) is 6.01 Å². The molecule has 0 N–H and O–H groups in total. The molecule has 11 heteroatoms. The summed E-state index contributed by atoms with van der Waals surface area (Å²) >= 11 is 6.38. The van der Waals surface area contributed by atoms with Gasteiger partial charge in [0, 0.05) is 43.3 Å². The smallest absolute Gasteiger partial charge is 0.319 e. The van der Waals surface area contributed by atoms with Crippen molar-refractivity contribution in [3.05, 3.63) is 65.8 Å². The Balaban J connectivity index is 1.32. The first-order valence-electron chi connectivity index (χ1n) is 14.7. The fraction of sp³-hybridized carbons (Fsp3) is 0.375. The van der Waals surface area contributed by atoms with E-state index >= 15 is 4.39 Å². The van der Waals surface area contributed by atoms with Crippen LogP contribution >= 0.6 is 11.6 Å². The number of aromatic nitrogens is 3. The van der Waals surface area contributed by atoms with Gasteiger partial charge in [-0.2, -0.15) is 9.97 Å². The quantitative estimate of drug-likeness (QED) is 0.265. The molecule has 1 amide bonds. The van der Waals surface area contributed by atoms with Crippen molar-refractivity contribution in [2.75, 3.05) is 50.8 Å². The monoisotopic (exact) mass is 604 g/mol. The van der Waals surface area contributed by atoms with Crippen molar-refractivity contribution < 1.29 is 18.3 Å². The van der Waals surface area contributed by atoms with E-state index in [0.717, 1.165) is 38.8 Å². The van der Waals surface area contributed by atoms with Crippen LogP contribution in [0.15, 0.2) is 49.2 Å². The summed E-state index contributed by atoms with van der Waals surface area (Å²) < 4.78 is 37.4. The largest absolute Gasteiger partial charge is 0.461 e. The predicted octanol–water partition coefficient (Wildman–Crippen LogP) is 5.62. The maximum absolute atomic E-state index is 16.6. The van der Waals surface area contributed by atoms with E-state index in [4.69, 9.17) is 21.3 Å². The SMILES string of the molecule is C=CC(=O)N1CCN(c2nc(OCC34CCCN3CCC4)nc3c(F)c(-c4cccc5ccc(F)c(Cl)c45)ncc23)CC1. The first kappa shape index (κ1) is 27.9. The Morgan fingerprint density at radius 3 is 2.56 bits per heavy atom. The van der Waals surface area contributed by atoms with Gasteiger partial charge in [-0.05, 0) is 56.3 Å². The molecule has 2 aromatic heterocycles. The van der Waals surface area contributed by atoms with Crippen LogP contribution < -0.4 is 9.64 Å². The molecule has 0 bridgehead atoms. The highest BCUT2D eigenvalue weighted by Gasteiger charge is 2.45. The minimum absolute atomic E-state index is 0.0129.